The van der Waals surface area contributed by atoms with Crippen LogP contribution in [0.1, 0.15) is 0 Å². The van der Waals surface area contributed by atoms with E-state index in [0.717, 1.165) is 93.6 Å². The Hall–Kier alpha value is -9.09. The third-order valence-corrected chi connectivity index (χ3v) is 12.1. The molecule has 298 valence electrons. The topological polar surface area (TPSA) is 129 Å². The van der Waals surface area contributed by atoms with Crippen LogP contribution >= 0.6 is 0 Å². The minimum Gasteiger partial charge on any atom is -0.306 e. The highest BCUT2D eigenvalue weighted by atomic mass is 16.1. The van der Waals surface area contributed by atoms with E-state index in [1.54, 1.807) is 61.7 Å². The molecule has 6 aromatic carbocycles. The molecule has 0 bridgehead atoms. The molecule has 0 saturated heterocycles. The van der Waals surface area contributed by atoms with Crippen molar-refractivity contribution in [3.8, 4) is 67.8 Å². The Morgan fingerprint density at radius 2 is 0.641 bits per heavy atom. The van der Waals surface area contributed by atoms with Crippen molar-refractivity contribution in [2.75, 3.05) is 0 Å². The van der Waals surface area contributed by atoms with Gasteiger partial charge in [0.2, 0.25) is 0 Å². The van der Waals surface area contributed by atoms with Gasteiger partial charge in [0.1, 0.15) is 0 Å². The van der Waals surface area contributed by atoms with E-state index in [4.69, 9.17) is 0 Å². The van der Waals surface area contributed by atoms with Gasteiger partial charge in [-0.2, -0.15) is 0 Å². The van der Waals surface area contributed by atoms with Gasteiger partial charge in [0, 0.05) is 93.4 Å². The van der Waals surface area contributed by atoms with Crippen LogP contribution in [0.5, 0.6) is 0 Å². The number of fused-ring (bicyclic) bond motifs is 8. The second-order valence-corrected chi connectivity index (χ2v) is 15.7. The Morgan fingerprint density at radius 1 is 0.281 bits per heavy atom. The summed E-state index contributed by atoms with van der Waals surface area (Å²) < 4.78 is 4.17. The second-order valence-electron chi connectivity index (χ2n) is 15.7. The number of hydrogen-bond acceptors (Lipinski definition) is 9. The quantitative estimate of drug-likeness (QED) is 0.161. The summed E-state index contributed by atoms with van der Waals surface area (Å²) in [4.78, 5) is 51.5. The van der Waals surface area contributed by atoms with Gasteiger partial charge in [-0.1, -0.05) is 36.4 Å². The van der Waals surface area contributed by atoms with E-state index >= 15 is 0 Å². The van der Waals surface area contributed by atoms with Crippen molar-refractivity contribution in [3.05, 3.63) is 193 Å². The van der Waals surface area contributed by atoms with E-state index in [9.17, 15) is 4.79 Å². The average molecular weight is 823 g/mol. The largest absolute Gasteiger partial charge is 0.306 e. The highest BCUT2D eigenvalue weighted by molar-refractivity contribution is 6.24. The SMILES string of the molecule is O=c1c2ccccc2n2c3ccc(-c4cc(-c5ncccn5)cc(-c5ncccn5)c4)cc3c3ccc4c5cc(-c6cc(-c7ncccn7)cc(-c7ncccn7)c6)ccc5n1c4c32. The first-order valence-corrected chi connectivity index (χ1v) is 20.7. The zero-order chi connectivity index (χ0) is 42.3. The Kier molecular flexibility index (Phi) is 7.78. The number of nitrogens with zero attached hydrogens (tertiary/aromatic N) is 10. The van der Waals surface area contributed by atoms with Crippen molar-refractivity contribution < 1.29 is 0 Å². The van der Waals surface area contributed by atoms with Crippen LogP contribution < -0.4 is 5.56 Å². The molecule has 0 N–H and O–H groups in total. The summed E-state index contributed by atoms with van der Waals surface area (Å²) in [6, 6.07) is 44.9. The molecular formula is C53H30N10O. The predicted octanol–water partition coefficient (Wildman–Crippen LogP) is 10.8. The molecule has 0 radical (unpaired) electrons. The van der Waals surface area contributed by atoms with Crippen LogP contribution in [0.15, 0.2) is 188 Å². The maximum atomic E-state index is 15.0. The van der Waals surface area contributed by atoms with E-state index in [2.05, 4.69) is 117 Å². The van der Waals surface area contributed by atoms with E-state index in [-0.39, 0.29) is 5.56 Å². The molecule has 0 amide bonds. The van der Waals surface area contributed by atoms with E-state index in [1.807, 2.05) is 52.9 Å². The van der Waals surface area contributed by atoms with Crippen molar-refractivity contribution in [3.63, 3.8) is 0 Å². The summed E-state index contributed by atoms with van der Waals surface area (Å²) in [6.45, 7) is 0. The van der Waals surface area contributed by atoms with Crippen molar-refractivity contribution in [1.29, 1.82) is 0 Å². The molecule has 0 atom stereocenters. The van der Waals surface area contributed by atoms with Crippen LogP contribution in [0.2, 0.25) is 0 Å². The molecule has 13 rings (SSSR count). The van der Waals surface area contributed by atoms with Gasteiger partial charge in [0.25, 0.3) is 5.56 Å². The molecular weight excluding hydrogens is 793 g/mol. The zero-order valence-corrected chi connectivity index (χ0v) is 33.7. The number of para-hydroxylation sites is 1. The maximum Gasteiger partial charge on any atom is 0.265 e. The summed E-state index contributed by atoms with van der Waals surface area (Å²) in [5.74, 6) is 2.44. The minimum atomic E-state index is -0.0772. The van der Waals surface area contributed by atoms with Crippen LogP contribution in [0, 0.1) is 0 Å². The van der Waals surface area contributed by atoms with Gasteiger partial charge < -0.3 is 4.40 Å². The van der Waals surface area contributed by atoms with Crippen molar-refractivity contribution in [2.45, 2.75) is 0 Å². The van der Waals surface area contributed by atoms with Gasteiger partial charge in [-0.05, 0) is 119 Å². The van der Waals surface area contributed by atoms with Crippen molar-refractivity contribution >= 4 is 54.5 Å². The maximum absolute atomic E-state index is 15.0. The van der Waals surface area contributed by atoms with E-state index < -0.39 is 0 Å². The summed E-state index contributed by atoms with van der Waals surface area (Å²) in [7, 11) is 0. The van der Waals surface area contributed by atoms with Gasteiger partial charge in [0.05, 0.1) is 33.0 Å². The first-order chi connectivity index (χ1) is 31.6. The standard InChI is InChI=1S/C53H30N10O/c64-53-41-7-1-2-8-44(41)62-45-13-9-31(33-23-35(49-54-15-3-16-55-49)27-36(24-33)50-56-17-4-18-57-50)29-42(45)39-11-12-40-43-30-32(10-14-46(43)63(53)48(40)47(39)62)34-25-37(51-58-19-5-20-59-51)28-38(26-34)52-60-21-6-22-61-52/h1-30H. The summed E-state index contributed by atoms with van der Waals surface area (Å²) in [6.07, 6.45) is 14.0. The highest BCUT2D eigenvalue weighted by Crippen LogP contribution is 2.42. The van der Waals surface area contributed by atoms with Gasteiger partial charge in [-0.15, -0.1) is 0 Å². The highest BCUT2D eigenvalue weighted by Gasteiger charge is 2.23. The van der Waals surface area contributed by atoms with E-state index in [1.165, 1.54) is 0 Å². The Labute approximate surface area is 363 Å². The van der Waals surface area contributed by atoms with Gasteiger partial charge in [-0.25, -0.2) is 39.9 Å². The molecule has 0 fully saturated rings. The first-order valence-electron chi connectivity index (χ1n) is 20.7. The van der Waals surface area contributed by atoms with Crippen LogP contribution in [0.4, 0.5) is 0 Å². The number of aromatic nitrogens is 10. The predicted molar refractivity (Wildman–Crippen MR) is 251 cm³/mol. The fourth-order valence-electron chi connectivity index (χ4n) is 9.29. The molecule has 11 nitrogen and oxygen atoms in total. The molecule has 0 aliphatic carbocycles. The summed E-state index contributed by atoms with van der Waals surface area (Å²) in [5, 5.41) is 4.66. The molecule has 11 heteroatoms. The molecule has 64 heavy (non-hydrogen) atoms. The Morgan fingerprint density at radius 3 is 1.08 bits per heavy atom. The average Bonchev–Trinajstić information content (AvgIpc) is 3.85. The van der Waals surface area contributed by atoms with Crippen LogP contribution in [0.25, 0.3) is 122 Å². The van der Waals surface area contributed by atoms with Crippen molar-refractivity contribution in [1.82, 2.24) is 48.7 Å². The molecule has 0 aliphatic heterocycles. The molecule has 0 unspecified atom stereocenters. The third kappa shape index (κ3) is 5.51. The lowest BCUT2D eigenvalue weighted by Crippen LogP contribution is -2.09. The summed E-state index contributed by atoms with van der Waals surface area (Å²) >= 11 is 0. The molecule has 7 aromatic heterocycles. The number of benzene rings is 6. The zero-order valence-electron chi connectivity index (χ0n) is 33.7. The summed E-state index contributed by atoms with van der Waals surface area (Å²) in [5.41, 5.74) is 11.7. The Bertz CT molecular complexity index is 3910. The normalized spacial score (nSPS) is 11.8. The molecule has 0 aliphatic rings. The second kappa shape index (κ2) is 14.0. The lowest BCUT2D eigenvalue weighted by molar-refractivity contribution is 1.16. The van der Waals surface area contributed by atoms with E-state index in [0.29, 0.717) is 28.7 Å². The monoisotopic (exact) mass is 822 g/mol. The molecule has 13 aromatic rings. The lowest BCUT2D eigenvalue weighted by Gasteiger charge is -2.10. The fraction of sp³-hybridized carbons (Fsp3) is 0. The van der Waals surface area contributed by atoms with Gasteiger partial charge in [0.15, 0.2) is 23.3 Å². The van der Waals surface area contributed by atoms with Gasteiger partial charge in [-0.3, -0.25) is 9.20 Å². The number of hydrogen-bond donors (Lipinski definition) is 0. The van der Waals surface area contributed by atoms with Crippen LogP contribution in [0.3, 0.4) is 0 Å². The smallest absolute Gasteiger partial charge is 0.265 e. The fourth-order valence-corrected chi connectivity index (χ4v) is 9.29. The van der Waals surface area contributed by atoms with Gasteiger partial charge >= 0.3 is 0 Å². The van der Waals surface area contributed by atoms with Crippen LogP contribution in [-0.2, 0) is 0 Å². The third-order valence-electron chi connectivity index (χ3n) is 12.1. The van der Waals surface area contributed by atoms with Crippen molar-refractivity contribution in [2.24, 2.45) is 0 Å². The first kappa shape index (κ1) is 35.6. The molecule has 0 spiro atoms. The number of rotatable bonds is 6. The Balaban J connectivity index is 1.06. The van der Waals surface area contributed by atoms with Crippen LogP contribution in [-0.4, -0.2) is 48.7 Å². The lowest BCUT2D eigenvalue weighted by atomic mass is 9.97. The minimum absolute atomic E-state index is 0.0772. The molecule has 0 saturated carbocycles. The molecule has 7 heterocycles.